The van der Waals surface area contributed by atoms with Crippen molar-refractivity contribution in [3.05, 3.63) is 69.8 Å². The van der Waals surface area contributed by atoms with E-state index in [9.17, 15) is 4.79 Å². The van der Waals surface area contributed by atoms with Crippen LogP contribution in [0.2, 0.25) is 0 Å². The molecule has 1 unspecified atom stereocenters. The van der Waals surface area contributed by atoms with E-state index in [1.807, 2.05) is 30.8 Å². The van der Waals surface area contributed by atoms with Crippen LogP contribution in [0.1, 0.15) is 63.0 Å². The van der Waals surface area contributed by atoms with Crippen molar-refractivity contribution >= 4 is 5.91 Å². The largest absolute Gasteiger partial charge is 0.354 e. The fraction of sp³-hybridized carbons (Fsp3) is 0.364. The van der Waals surface area contributed by atoms with E-state index in [0.29, 0.717) is 5.69 Å². The number of hydrogen-bond acceptors (Lipinski definition) is 2. The molecular weight excluding hydrogens is 336 g/mol. The first-order chi connectivity index (χ1) is 12.9. The van der Waals surface area contributed by atoms with Crippen molar-refractivity contribution in [3.63, 3.8) is 0 Å². The van der Waals surface area contributed by atoms with Gasteiger partial charge >= 0.3 is 0 Å². The van der Waals surface area contributed by atoms with Crippen LogP contribution >= 0.6 is 0 Å². The number of hydrogen-bond donors (Lipinski definition) is 2. The first-order valence-corrected chi connectivity index (χ1v) is 9.55. The second kappa shape index (κ2) is 6.72. The second-order valence-corrected chi connectivity index (χ2v) is 7.66. The minimum Gasteiger partial charge on any atom is -0.354 e. The number of carbonyl (C=O) groups excluding carboxylic acids is 1. The molecule has 0 fully saturated rings. The van der Waals surface area contributed by atoms with Crippen LogP contribution < -0.4 is 5.32 Å². The minimum absolute atomic E-state index is 0.00421. The summed E-state index contributed by atoms with van der Waals surface area (Å²) >= 11 is 0. The van der Waals surface area contributed by atoms with Gasteiger partial charge in [-0.1, -0.05) is 6.07 Å². The molecule has 0 spiro atoms. The van der Waals surface area contributed by atoms with Crippen molar-refractivity contribution in [2.75, 3.05) is 0 Å². The van der Waals surface area contributed by atoms with Gasteiger partial charge in [0, 0.05) is 17.0 Å². The highest BCUT2D eigenvalue weighted by Crippen LogP contribution is 2.31. The SMILES string of the molecule is Cc1cc(C)c(C(=O)NC2CCCc3c2cnn3-c2ccc(C)c(C)c2)[nH]1. The minimum atomic E-state index is -0.0441. The average Bonchev–Trinajstić information content (AvgIpc) is 3.21. The lowest BCUT2D eigenvalue weighted by atomic mass is 9.92. The molecular formula is C22H26N4O. The highest BCUT2D eigenvalue weighted by Gasteiger charge is 2.27. The zero-order valence-electron chi connectivity index (χ0n) is 16.4. The molecule has 1 aliphatic rings. The number of nitrogens with zero attached hydrogens (tertiary/aromatic N) is 2. The van der Waals surface area contributed by atoms with Crippen molar-refractivity contribution in [2.45, 2.75) is 53.0 Å². The van der Waals surface area contributed by atoms with Gasteiger partial charge in [-0.05, 0) is 81.8 Å². The van der Waals surface area contributed by atoms with Crippen LogP contribution in [-0.4, -0.2) is 20.7 Å². The third-order valence-corrected chi connectivity index (χ3v) is 5.60. The van der Waals surface area contributed by atoms with E-state index in [4.69, 9.17) is 0 Å². The number of aryl methyl sites for hydroxylation is 4. The van der Waals surface area contributed by atoms with Gasteiger partial charge in [0.1, 0.15) is 5.69 Å². The molecule has 3 aromatic rings. The lowest BCUT2D eigenvalue weighted by molar-refractivity contribution is 0.0927. The predicted molar refractivity (Wildman–Crippen MR) is 106 cm³/mol. The molecule has 0 bridgehead atoms. The first kappa shape index (κ1) is 17.6. The lowest BCUT2D eigenvalue weighted by Crippen LogP contribution is -2.31. The number of rotatable bonds is 3. The maximum atomic E-state index is 12.7. The third kappa shape index (κ3) is 3.18. The highest BCUT2D eigenvalue weighted by molar-refractivity contribution is 5.94. The van der Waals surface area contributed by atoms with Gasteiger partial charge in [0.25, 0.3) is 5.91 Å². The van der Waals surface area contributed by atoms with Crippen molar-refractivity contribution in [2.24, 2.45) is 0 Å². The molecule has 140 valence electrons. The maximum absolute atomic E-state index is 12.7. The first-order valence-electron chi connectivity index (χ1n) is 9.55. The Morgan fingerprint density at radius 1 is 1.15 bits per heavy atom. The Morgan fingerprint density at radius 3 is 2.67 bits per heavy atom. The van der Waals surface area contributed by atoms with Crippen LogP contribution in [0.5, 0.6) is 0 Å². The van der Waals surface area contributed by atoms with Crippen LogP contribution in [0, 0.1) is 27.7 Å². The standard InChI is InChI=1S/C22H26N4O/c1-13-8-9-17(11-14(13)2)26-20-7-5-6-19(18(20)12-23-26)25-22(27)21-15(3)10-16(4)24-21/h8-12,19,24H,5-7H2,1-4H3,(H,25,27). The van der Waals surface area contributed by atoms with Gasteiger partial charge in [0.2, 0.25) is 0 Å². The quantitative estimate of drug-likeness (QED) is 0.732. The maximum Gasteiger partial charge on any atom is 0.268 e. The smallest absolute Gasteiger partial charge is 0.268 e. The van der Waals surface area contributed by atoms with Gasteiger partial charge in [-0.2, -0.15) is 5.10 Å². The number of amides is 1. The molecule has 1 atom stereocenters. The van der Waals surface area contributed by atoms with Crippen molar-refractivity contribution in [1.82, 2.24) is 20.1 Å². The molecule has 0 aliphatic heterocycles. The number of aromatic amines is 1. The van der Waals surface area contributed by atoms with Crippen LogP contribution in [0.3, 0.4) is 0 Å². The molecule has 5 heteroatoms. The van der Waals surface area contributed by atoms with Crippen LogP contribution in [0.4, 0.5) is 0 Å². The van der Waals surface area contributed by atoms with E-state index in [0.717, 1.165) is 41.8 Å². The van der Waals surface area contributed by atoms with Gasteiger partial charge in [0.05, 0.1) is 17.9 Å². The van der Waals surface area contributed by atoms with E-state index in [2.05, 4.69) is 47.4 Å². The molecule has 4 rings (SSSR count). The molecule has 2 heterocycles. The van der Waals surface area contributed by atoms with Gasteiger partial charge in [-0.25, -0.2) is 4.68 Å². The Hall–Kier alpha value is -2.82. The second-order valence-electron chi connectivity index (χ2n) is 7.66. The molecule has 0 saturated carbocycles. The van der Waals surface area contributed by atoms with Crippen molar-refractivity contribution < 1.29 is 4.79 Å². The Balaban J connectivity index is 1.63. The van der Waals surface area contributed by atoms with Gasteiger partial charge in [-0.15, -0.1) is 0 Å². The summed E-state index contributed by atoms with van der Waals surface area (Å²) in [7, 11) is 0. The van der Waals surface area contributed by atoms with Crippen molar-refractivity contribution in [1.29, 1.82) is 0 Å². The summed E-state index contributed by atoms with van der Waals surface area (Å²) in [5.41, 5.74) is 8.60. The van der Waals surface area contributed by atoms with E-state index in [-0.39, 0.29) is 11.9 Å². The molecule has 1 aromatic carbocycles. The summed E-state index contributed by atoms with van der Waals surface area (Å²) in [5.74, 6) is -0.0441. The number of fused-ring (bicyclic) bond motifs is 1. The summed E-state index contributed by atoms with van der Waals surface area (Å²) in [4.78, 5) is 15.9. The highest BCUT2D eigenvalue weighted by atomic mass is 16.2. The van der Waals surface area contributed by atoms with Gasteiger partial charge in [0.15, 0.2) is 0 Å². The summed E-state index contributed by atoms with van der Waals surface area (Å²) in [6.45, 7) is 8.17. The molecule has 1 amide bonds. The normalized spacial score (nSPS) is 16.2. The van der Waals surface area contributed by atoms with Gasteiger partial charge in [-0.3, -0.25) is 4.79 Å². The summed E-state index contributed by atoms with van der Waals surface area (Å²) < 4.78 is 2.03. The number of nitrogens with one attached hydrogen (secondary N) is 2. The zero-order valence-corrected chi connectivity index (χ0v) is 16.4. The fourth-order valence-electron chi connectivity index (χ4n) is 3.98. The van der Waals surface area contributed by atoms with E-state index < -0.39 is 0 Å². The lowest BCUT2D eigenvalue weighted by Gasteiger charge is -2.24. The molecule has 0 saturated heterocycles. The molecule has 2 aromatic heterocycles. The molecule has 5 nitrogen and oxygen atoms in total. The van der Waals surface area contributed by atoms with Gasteiger partial charge < -0.3 is 10.3 Å². The van der Waals surface area contributed by atoms with Crippen LogP contribution in [0.25, 0.3) is 5.69 Å². The topological polar surface area (TPSA) is 62.7 Å². The van der Waals surface area contributed by atoms with Crippen LogP contribution in [0.15, 0.2) is 30.5 Å². The monoisotopic (exact) mass is 362 g/mol. The summed E-state index contributed by atoms with van der Waals surface area (Å²) in [6, 6.07) is 8.43. The number of benzene rings is 1. The predicted octanol–water partition coefficient (Wildman–Crippen LogP) is 4.24. The molecule has 27 heavy (non-hydrogen) atoms. The Morgan fingerprint density at radius 2 is 1.96 bits per heavy atom. The molecule has 1 aliphatic carbocycles. The number of carbonyl (C=O) groups is 1. The zero-order chi connectivity index (χ0) is 19.1. The van der Waals surface area contributed by atoms with E-state index >= 15 is 0 Å². The number of aromatic nitrogens is 3. The summed E-state index contributed by atoms with van der Waals surface area (Å²) in [6.07, 6.45) is 4.88. The molecule has 0 radical (unpaired) electrons. The Bertz CT molecular complexity index is 1010. The number of H-pyrrole nitrogens is 1. The van der Waals surface area contributed by atoms with Crippen LogP contribution in [-0.2, 0) is 6.42 Å². The van der Waals surface area contributed by atoms with E-state index in [1.54, 1.807) is 0 Å². The summed E-state index contributed by atoms with van der Waals surface area (Å²) in [5, 5.41) is 7.86. The third-order valence-electron chi connectivity index (χ3n) is 5.60. The Labute approximate surface area is 159 Å². The van der Waals surface area contributed by atoms with E-state index in [1.165, 1.54) is 16.8 Å². The van der Waals surface area contributed by atoms with Crippen molar-refractivity contribution in [3.8, 4) is 5.69 Å². The fourth-order valence-corrected chi connectivity index (χ4v) is 3.98. The Kier molecular flexibility index (Phi) is 4.38. The average molecular weight is 362 g/mol. The molecule has 2 N–H and O–H groups in total.